The number of H-pyrrole nitrogens is 1. The van der Waals surface area contributed by atoms with Crippen LogP contribution in [0.3, 0.4) is 0 Å². The van der Waals surface area contributed by atoms with Crippen LogP contribution in [0.25, 0.3) is 11.3 Å². The Labute approximate surface area is 104 Å². The molecule has 1 aromatic carbocycles. The molecule has 0 amide bonds. The third-order valence-electron chi connectivity index (χ3n) is 2.37. The normalized spacial score (nSPS) is 10.0. The van der Waals surface area contributed by atoms with Crippen molar-refractivity contribution in [3.8, 4) is 22.8 Å². The number of nitrogens with one attached hydrogen (secondary N) is 1. The Kier molecular flexibility index (Phi) is 3.39. The summed E-state index contributed by atoms with van der Waals surface area (Å²) in [4.78, 5) is 6.97. The van der Waals surface area contributed by atoms with E-state index in [-0.39, 0.29) is 0 Å². The quantitative estimate of drug-likeness (QED) is 0.848. The molecule has 0 bridgehead atoms. The number of hydrogen-bond acceptors (Lipinski definition) is 4. The van der Waals surface area contributed by atoms with Crippen LogP contribution >= 0.6 is 12.2 Å². The first kappa shape index (κ1) is 11.6. The highest BCUT2D eigenvalue weighted by Crippen LogP contribution is 2.36. The molecule has 0 saturated heterocycles. The van der Waals surface area contributed by atoms with E-state index in [1.54, 1.807) is 20.4 Å². The highest BCUT2D eigenvalue weighted by atomic mass is 32.1. The molecule has 1 heterocycles. The summed E-state index contributed by atoms with van der Waals surface area (Å²) in [5.74, 6) is 1.45. The summed E-state index contributed by atoms with van der Waals surface area (Å²) < 4.78 is 11.1. The van der Waals surface area contributed by atoms with E-state index in [0.717, 1.165) is 22.8 Å². The molecular formula is C12H12N2O2S. The molecule has 5 heteroatoms. The van der Waals surface area contributed by atoms with Crippen LogP contribution in [0.2, 0.25) is 0 Å². The Morgan fingerprint density at radius 3 is 2.29 bits per heavy atom. The van der Waals surface area contributed by atoms with Crippen molar-refractivity contribution in [3.63, 3.8) is 0 Å². The van der Waals surface area contributed by atoms with Gasteiger partial charge in [-0.2, -0.15) is 0 Å². The monoisotopic (exact) mass is 248 g/mol. The Balaban J connectivity index is 2.68. The number of aromatic amines is 1. The van der Waals surface area contributed by atoms with Gasteiger partial charge in [0.05, 0.1) is 25.5 Å². The zero-order chi connectivity index (χ0) is 12.3. The van der Waals surface area contributed by atoms with Crippen molar-refractivity contribution in [1.82, 2.24) is 9.97 Å². The van der Waals surface area contributed by atoms with Gasteiger partial charge in [0.2, 0.25) is 0 Å². The first-order valence-corrected chi connectivity index (χ1v) is 5.43. The SMILES string of the molecule is COc1cccc(OC)c1-c1ccnc(=S)[nH]1. The standard InChI is InChI=1S/C12H12N2O2S/c1-15-9-4-3-5-10(16-2)11(9)8-6-7-13-12(17)14-8/h3-7H,1-2H3,(H,13,14,17). The molecule has 0 aliphatic carbocycles. The summed E-state index contributed by atoms with van der Waals surface area (Å²) in [7, 11) is 3.24. The minimum Gasteiger partial charge on any atom is -0.496 e. The summed E-state index contributed by atoms with van der Waals surface area (Å²) in [6.45, 7) is 0. The predicted molar refractivity (Wildman–Crippen MR) is 68.0 cm³/mol. The van der Waals surface area contributed by atoms with E-state index in [1.165, 1.54) is 0 Å². The lowest BCUT2D eigenvalue weighted by Gasteiger charge is -2.12. The van der Waals surface area contributed by atoms with Gasteiger partial charge in [0.25, 0.3) is 0 Å². The van der Waals surface area contributed by atoms with Crippen LogP contribution in [-0.2, 0) is 0 Å². The third kappa shape index (κ3) is 2.29. The third-order valence-corrected chi connectivity index (χ3v) is 2.58. The lowest BCUT2D eigenvalue weighted by atomic mass is 10.1. The van der Waals surface area contributed by atoms with Gasteiger partial charge in [-0.05, 0) is 30.4 Å². The number of ether oxygens (including phenoxy) is 2. The molecule has 2 aromatic rings. The van der Waals surface area contributed by atoms with Crippen molar-refractivity contribution in [2.75, 3.05) is 14.2 Å². The van der Waals surface area contributed by atoms with Crippen molar-refractivity contribution < 1.29 is 9.47 Å². The van der Waals surface area contributed by atoms with Gasteiger partial charge < -0.3 is 14.5 Å². The van der Waals surface area contributed by atoms with Gasteiger partial charge in [-0.25, -0.2) is 4.98 Å². The lowest BCUT2D eigenvalue weighted by molar-refractivity contribution is 0.397. The number of benzene rings is 1. The van der Waals surface area contributed by atoms with E-state index in [2.05, 4.69) is 9.97 Å². The van der Waals surface area contributed by atoms with Gasteiger partial charge >= 0.3 is 0 Å². The second-order valence-corrected chi connectivity index (χ2v) is 3.71. The van der Waals surface area contributed by atoms with Gasteiger partial charge in [-0.15, -0.1) is 0 Å². The summed E-state index contributed by atoms with van der Waals surface area (Å²) in [5.41, 5.74) is 1.66. The van der Waals surface area contributed by atoms with Crippen LogP contribution < -0.4 is 9.47 Å². The van der Waals surface area contributed by atoms with Crippen molar-refractivity contribution in [2.45, 2.75) is 0 Å². The average Bonchev–Trinajstić information content (AvgIpc) is 2.37. The second kappa shape index (κ2) is 4.97. The number of rotatable bonds is 3. The van der Waals surface area contributed by atoms with Crippen LogP contribution in [0.5, 0.6) is 11.5 Å². The topological polar surface area (TPSA) is 47.1 Å². The summed E-state index contributed by atoms with van der Waals surface area (Å²) >= 11 is 5.01. The van der Waals surface area contributed by atoms with Crippen LogP contribution in [0.15, 0.2) is 30.5 Å². The molecule has 0 saturated carbocycles. The summed E-state index contributed by atoms with van der Waals surface area (Å²) in [5, 5.41) is 0. The fraction of sp³-hybridized carbons (Fsp3) is 0.167. The van der Waals surface area contributed by atoms with Crippen molar-refractivity contribution >= 4 is 12.2 Å². The number of hydrogen-bond donors (Lipinski definition) is 1. The minimum absolute atomic E-state index is 0.426. The summed E-state index contributed by atoms with van der Waals surface area (Å²) in [6.07, 6.45) is 1.65. The number of nitrogens with zero attached hydrogens (tertiary/aromatic N) is 1. The molecule has 0 aliphatic heterocycles. The Morgan fingerprint density at radius 2 is 1.76 bits per heavy atom. The fourth-order valence-electron chi connectivity index (χ4n) is 1.63. The molecule has 88 valence electrons. The van der Waals surface area contributed by atoms with Gasteiger partial charge in [-0.3, -0.25) is 0 Å². The van der Waals surface area contributed by atoms with Gasteiger partial charge in [-0.1, -0.05) is 6.07 Å². The molecule has 2 rings (SSSR count). The molecule has 0 unspecified atom stereocenters. The molecule has 0 radical (unpaired) electrons. The molecule has 0 fully saturated rings. The zero-order valence-corrected chi connectivity index (χ0v) is 10.4. The Bertz CT molecular complexity index is 558. The maximum absolute atomic E-state index is 5.33. The molecule has 1 aromatic heterocycles. The van der Waals surface area contributed by atoms with Crippen molar-refractivity contribution in [2.24, 2.45) is 0 Å². The maximum Gasteiger partial charge on any atom is 0.197 e. The van der Waals surface area contributed by atoms with Crippen molar-refractivity contribution in [3.05, 3.63) is 35.2 Å². The maximum atomic E-state index is 5.33. The smallest absolute Gasteiger partial charge is 0.197 e. The van der Waals surface area contributed by atoms with Crippen LogP contribution in [-0.4, -0.2) is 24.2 Å². The lowest BCUT2D eigenvalue weighted by Crippen LogP contribution is -1.95. The molecule has 17 heavy (non-hydrogen) atoms. The zero-order valence-electron chi connectivity index (χ0n) is 9.56. The van der Waals surface area contributed by atoms with Gasteiger partial charge in [0, 0.05) is 6.20 Å². The number of aromatic nitrogens is 2. The predicted octanol–water partition coefficient (Wildman–Crippen LogP) is 2.82. The molecule has 0 aliphatic rings. The van der Waals surface area contributed by atoms with Crippen LogP contribution in [0.4, 0.5) is 0 Å². The minimum atomic E-state index is 0.426. The van der Waals surface area contributed by atoms with E-state index < -0.39 is 0 Å². The summed E-state index contributed by atoms with van der Waals surface area (Å²) in [6, 6.07) is 7.44. The first-order valence-electron chi connectivity index (χ1n) is 5.03. The largest absolute Gasteiger partial charge is 0.496 e. The van der Waals surface area contributed by atoms with E-state index in [1.807, 2.05) is 24.3 Å². The molecule has 0 atom stereocenters. The molecule has 0 spiro atoms. The average molecular weight is 248 g/mol. The van der Waals surface area contributed by atoms with Crippen LogP contribution in [0.1, 0.15) is 0 Å². The fourth-order valence-corrected chi connectivity index (χ4v) is 1.80. The van der Waals surface area contributed by atoms with E-state index in [4.69, 9.17) is 21.7 Å². The Morgan fingerprint density at radius 1 is 1.12 bits per heavy atom. The first-order chi connectivity index (χ1) is 8.26. The van der Waals surface area contributed by atoms with Gasteiger partial charge in [0.1, 0.15) is 11.5 Å². The Hall–Kier alpha value is -1.88. The van der Waals surface area contributed by atoms with E-state index in [0.29, 0.717) is 4.77 Å². The van der Waals surface area contributed by atoms with Gasteiger partial charge in [0.15, 0.2) is 4.77 Å². The van der Waals surface area contributed by atoms with E-state index in [9.17, 15) is 0 Å². The van der Waals surface area contributed by atoms with Crippen molar-refractivity contribution in [1.29, 1.82) is 0 Å². The highest BCUT2D eigenvalue weighted by molar-refractivity contribution is 7.71. The molecule has 4 nitrogen and oxygen atoms in total. The van der Waals surface area contributed by atoms with E-state index >= 15 is 0 Å². The second-order valence-electron chi connectivity index (χ2n) is 3.33. The molecule has 1 N–H and O–H groups in total. The van der Waals surface area contributed by atoms with Crippen LogP contribution in [0, 0.1) is 4.77 Å². The highest BCUT2D eigenvalue weighted by Gasteiger charge is 2.12. The molecular weight excluding hydrogens is 236 g/mol. The number of methoxy groups -OCH3 is 2.